The molecule has 0 saturated heterocycles. The molecule has 5 aromatic rings. The number of amides is 1. The quantitative estimate of drug-likeness (QED) is 0.280. The molecule has 0 unspecified atom stereocenters. The molecular formula is C27H21N4O3S+. The van der Waals surface area contributed by atoms with Gasteiger partial charge in [-0.25, -0.2) is 19.3 Å². The van der Waals surface area contributed by atoms with E-state index in [0.29, 0.717) is 28.5 Å². The zero-order chi connectivity index (χ0) is 24.2. The van der Waals surface area contributed by atoms with E-state index in [1.807, 2.05) is 76.9 Å². The average molecular weight is 482 g/mol. The molecule has 1 N–H and O–H groups in total. The second kappa shape index (κ2) is 9.82. The van der Waals surface area contributed by atoms with Crippen LogP contribution in [0.1, 0.15) is 26.3 Å². The molecule has 0 aliphatic rings. The molecule has 0 saturated carbocycles. The number of hydrogen-bond donors (Lipinski definition) is 1. The number of ether oxygens (including phenoxy) is 1. The van der Waals surface area contributed by atoms with Gasteiger partial charge in [-0.05, 0) is 24.3 Å². The molecule has 8 heteroatoms. The number of anilines is 1. The number of hydrogen-bond acceptors (Lipinski definition) is 6. The van der Waals surface area contributed by atoms with E-state index in [-0.39, 0.29) is 11.9 Å². The van der Waals surface area contributed by atoms with Gasteiger partial charge in [-0.3, -0.25) is 10.1 Å². The third-order valence-corrected chi connectivity index (χ3v) is 6.23. The number of esters is 1. The van der Waals surface area contributed by atoms with Gasteiger partial charge in [0.1, 0.15) is 0 Å². The Balaban J connectivity index is 1.41. The van der Waals surface area contributed by atoms with Gasteiger partial charge >= 0.3 is 5.97 Å². The molecular weight excluding hydrogens is 460 g/mol. The Bertz CT molecular complexity index is 1500. The first-order valence-corrected chi connectivity index (χ1v) is 11.8. The van der Waals surface area contributed by atoms with Crippen molar-refractivity contribution in [2.75, 3.05) is 12.4 Å². The number of methoxy groups -OCH3 is 1. The Kier molecular flexibility index (Phi) is 6.28. The number of nitrogens with one attached hydrogen (secondary N) is 1. The van der Waals surface area contributed by atoms with E-state index < -0.39 is 0 Å². The Hall–Kier alpha value is -4.43. The molecule has 2 aromatic carbocycles. The summed E-state index contributed by atoms with van der Waals surface area (Å²) in [7, 11) is 1.37. The number of aromatic nitrogens is 3. The van der Waals surface area contributed by atoms with E-state index in [1.165, 1.54) is 18.4 Å². The molecule has 5 rings (SSSR count). The summed E-state index contributed by atoms with van der Waals surface area (Å²) >= 11 is 1.37. The summed E-state index contributed by atoms with van der Waals surface area (Å²) in [4.78, 5) is 33.6. The lowest BCUT2D eigenvalue weighted by Crippen LogP contribution is -2.33. The second-order valence-electron chi connectivity index (χ2n) is 7.81. The lowest BCUT2D eigenvalue weighted by atomic mass is 10.0. The monoisotopic (exact) mass is 481 g/mol. The molecule has 0 fully saturated rings. The molecule has 0 radical (unpaired) electrons. The normalized spacial score (nSPS) is 10.8. The maximum atomic E-state index is 13.0. The van der Waals surface area contributed by atoms with Crippen LogP contribution in [-0.2, 0) is 11.3 Å². The Morgan fingerprint density at radius 1 is 1.03 bits per heavy atom. The molecule has 0 aliphatic heterocycles. The summed E-state index contributed by atoms with van der Waals surface area (Å²) in [6.45, 7) is 0.647. The standard InChI is InChI=1S/C27H20N4O3S/c1-34-26(33)20-8-6-18(7-9-20)17-31-13-10-19(11-14-31)24-16-22(21-4-2-3-5-23(21)29-24)25(32)30-27-28-12-15-35-27/h2-16H,17H2,1H3/p+1. The number of carbonyl (C=O) groups is 2. The lowest BCUT2D eigenvalue weighted by molar-refractivity contribution is -0.688. The van der Waals surface area contributed by atoms with Crippen molar-refractivity contribution in [3.8, 4) is 11.3 Å². The topological polar surface area (TPSA) is 85.1 Å². The number of benzene rings is 2. The number of para-hydroxylation sites is 1. The van der Waals surface area contributed by atoms with Crippen LogP contribution < -0.4 is 9.88 Å². The molecule has 3 aromatic heterocycles. The number of fused-ring (bicyclic) bond motifs is 1. The fraction of sp³-hybridized carbons (Fsp3) is 0.0741. The molecule has 0 aliphatic carbocycles. The highest BCUT2D eigenvalue weighted by Crippen LogP contribution is 2.25. The molecule has 0 bridgehead atoms. The van der Waals surface area contributed by atoms with Gasteiger partial charge < -0.3 is 4.74 Å². The molecule has 35 heavy (non-hydrogen) atoms. The van der Waals surface area contributed by atoms with Crippen molar-refractivity contribution in [3.05, 3.63) is 107 Å². The van der Waals surface area contributed by atoms with Crippen molar-refractivity contribution < 1.29 is 18.9 Å². The first kappa shape index (κ1) is 22.4. The van der Waals surface area contributed by atoms with Gasteiger partial charge in [0, 0.05) is 40.2 Å². The van der Waals surface area contributed by atoms with Gasteiger partial charge in [-0.2, -0.15) is 0 Å². The number of thiazole rings is 1. The first-order valence-electron chi connectivity index (χ1n) is 10.9. The second-order valence-corrected chi connectivity index (χ2v) is 8.71. The van der Waals surface area contributed by atoms with Crippen LogP contribution in [0.25, 0.3) is 22.2 Å². The maximum Gasteiger partial charge on any atom is 0.337 e. The predicted molar refractivity (Wildman–Crippen MR) is 134 cm³/mol. The fourth-order valence-corrected chi connectivity index (χ4v) is 4.29. The van der Waals surface area contributed by atoms with Crippen molar-refractivity contribution in [1.82, 2.24) is 9.97 Å². The lowest BCUT2D eigenvalue weighted by Gasteiger charge is -2.09. The molecule has 0 spiro atoms. The third kappa shape index (κ3) is 4.92. The Morgan fingerprint density at radius 3 is 2.51 bits per heavy atom. The van der Waals surface area contributed by atoms with Crippen molar-refractivity contribution >= 4 is 39.2 Å². The summed E-state index contributed by atoms with van der Waals surface area (Å²) < 4.78 is 6.78. The first-order chi connectivity index (χ1) is 17.1. The minimum absolute atomic E-state index is 0.221. The number of nitrogens with zero attached hydrogens (tertiary/aromatic N) is 3. The molecule has 0 atom stereocenters. The van der Waals surface area contributed by atoms with Crippen LogP contribution in [-0.4, -0.2) is 29.0 Å². The Morgan fingerprint density at radius 2 is 1.80 bits per heavy atom. The summed E-state index contributed by atoms with van der Waals surface area (Å²) in [6.07, 6.45) is 5.59. The van der Waals surface area contributed by atoms with Crippen LogP contribution in [0.15, 0.2) is 90.7 Å². The van der Waals surface area contributed by atoms with Crippen LogP contribution in [0.2, 0.25) is 0 Å². The van der Waals surface area contributed by atoms with Crippen molar-refractivity contribution in [2.24, 2.45) is 0 Å². The number of carbonyl (C=O) groups excluding carboxylic acids is 2. The number of pyridine rings is 2. The third-order valence-electron chi connectivity index (χ3n) is 5.54. The fourth-order valence-electron chi connectivity index (χ4n) is 3.77. The highest BCUT2D eigenvalue weighted by molar-refractivity contribution is 7.13. The zero-order valence-corrected chi connectivity index (χ0v) is 19.7. The van der Waals surface area contributed by atoms with E-state index in [4.69, 9.17) is 9.72 Å². The SMILES string of the molecule is COC(=O)c1ccc(C[n+]2ccc(-c3cc(C(=O)Nc4nccs4)c4ccccc4n3)cc2)cc1. The molecule has 172 valence electrons. The van der Waals surface area contributed by atoms with E-state index >= 15 is 0 Å². The highest BCUT2D eigenvalue weighted by Gasteiger charge is 2.16. The highest BCUT2D eigenvalue weighted by atomic mass is 32.1. The van der Waals surface area contributed by atoms with Gasteiger partial charge in [0.25, 0.3) is 5.91 Å². The van der Waals surface area contributed by atoms with Gasteiger partial charge in [-0.1, -0.05) is 30.3 Å². The van der Waals surface area contributed by atoms with Crippen molar-refractivity contribution in [1.29, 1.82) is 0 Å². The summed E-state index contributed by atoms with van der Waals surface area (Å²) in [5, 5.41) is 6.02. The van der Waals surface area contributed by atoms with Gasteiger partial charge in [-0.15, -0.1) is 11.3 Å². The predicted octanol–water partition coefficient (Wildman–Crippen LogP) is 4.73. The van der Waals surface area contributed by atoms with Crippen molar-refractivity contribution in [2.45, 2.75) is 6.54 Å². The Labute approximate surface area is 205 Å². The average Bonchev–Trinajstić information content (AvgIpc) is 3.41. The van der Waals surface area contributed by atoms with Crippen LogP contribution in [0.4, 0.5) is 5.13 Å². The van der Waals surface area contributed by atoms with Gasteiger partial charge in [0.05, 0.1) is 29.4 Å². The largest absolute Gasteiger partial charge is 0.465 e. The van der Waals surface area contributed by atoms with E-state index in [9.17, 15) is 9.59 Å². The van der Waals surface area contributed by atoms with E-state index in [1.54, 1.807) is 18.3 Å². The van der Waals surface area contributed by atoms with Crippen LogP contribution in [0.3, 0.4) is 0 Å². The van der Waals surface area contributed by atoms with Crippen LogP contribution >= 0.6 is 11.3 Å². The van der Waals surface area contributed by atoms with Crippen LogP contribution in [0.5, 0.6) is 0 Å². The van der Waals surface area contributed by atoms with Gasteiger partial charge in [0.15, 0.2) is 24.1 Å². The maximum absolute atomic E-state index is 13.0. The zero-order valence-electron chi connectivity index (χ0n) is 18.8. The van der Waals surface area contributed by atoms with Crippen LogP contribution in [0, 0.1) is 0 Å². The summed E-state index contributed by atoms with van der Waals surface area (Å²) in [6, 6.07) is 20.7. The summed E-state index contributed by atoms with van der Waals surface area (Å²) in [5.74, 6) is -0.572. The van der Waals surface area contributed by atoms with E-state index in [0.717, 1.165) is 22.0 Å². The molecule has 3 heterocycles. The number of rotatable bonds is 6. The molecule has 7 nitrogen and oxygen atoms in total. The van der Waals surface area contributed by atoms with E-state index in [2.05, 4.69) is 10.3 Å². The van der Waals surface area contributed by atoms with Gasteiger partial charge in [0.2, 0.25) is 0 Å². The minimum Gasteiger partial charge on any atom is -0.465 e. The van der Waals surface area contributed by atoms with Crippen molar-refractivity contribution in [3.63, 3.8) is 0 Å². The smallest absolute Gasteiger partial charge is 0.337 e. The minimum atomic E-state index is -0.351. The summed E-state index contributed by atoms with van der Waals surface area (Å²) in [5.41, 5.74) is 4.48. The molecule has 1 amide bonds.